The van der Waals surface area contributed by atoms with E-state index in [9.17, 15) is 18.8 Å². The number of halogens is 1. The maximum atomic E-state index is 13.8. The molecule has 8 heteroatoms. The lowest BCUT2D eigenvalue weighted by Gasteiger charge is -2.28. The molecule has 1 heterocycles. The van der Waals surface area contributed by atoms with Crippen molar-refractivity contribution in [2.24, 2.45) is 5.92 Å². The van der Waals surface area contributed by atoms with Gasteiger partial charge in [-0.2, -0.15) is 0 Å². The Labute approximate surface area is 201 Å². The molecule has 0 saturated heterocycles. The van der Waals surface area contributed by atoms with Crippen molar-refractivity contribution in [3.05, 3.63) is 70.4 Å². The zero-order valence-corrected chi connectivity index (χ0v) is 19.5. The molecular weight excluding hydrogens is 455 g/mol. The number of hydrogen-bond acceptors (Lipinski definition) is 4. The van der Waals surface area contributed by atoms with E-state index >= 15 is 0 Å². The second kappa shape index (κ2) is 10.8. The molecule has 1 aliphatic carbocycles. The minimum Gasteiger partial charge on any atom is -0.481 e. The van der Waals surface area contributed by atoms with Gasteiger partial charge in [0.05, 0.1) is 4.88 Å². The number of carbonyl (C=O) groups is 3. The second-order valence-electron chi connectivity index (χ2n) is 8.71. The first-order valence-electron chi connectivity index (χ1n) is 11.5. The Kier molecular flexibility index (Phi) is 7.57. The predicted octanol–water partition coefficient (Wildman–Crippen LogP) is 4.95. The molecular formula is C26H27FN2O4S. The van der Waals surface area contributed by atoms with Crippen LogP contribution < -0.4 is 10.6 Å². The number of carboxylic acids is 1. The van der Waals surface area contributed by atoms with E-state index in [2.05, 4.69) is 10.6 Å². The lowest BCUT2D eigenvalue weighted by atomic mass is 9.77. The minimum atomic E-state index is -0.728. The van der Waals surface area contributed by atoms with Gasteiger partial charge in [-0.3, -0.25) is 14.4 Å². The standard InChI is InChI=1S/C26H27FN2O4S/c27-21-2-1-3-22-20(21)15-23(34-22)26(33)29-13-12-28-25(32)19-10-8-18(9-11-19)17-6-4-16(5-7-17)14-24(30)31/h1-3,8-11,15-17H,4-7,12-14H2,(H,28,32)(H,29,33)(H,30,31)/t16-,17-. The topological polar surface area (TPSA) is 95.5 Å². The summed E-state index contributed by atoms with van der Waals surface area (Å²) in [5.74, 6) is -0.919. The summed E-state index contributed by atoms with van der Waals surface area (Å²) in [6.07, 6.45) is 4.02. The summed E-state index contributed by atoms with van der Waals surface area (Å²) in [6, 6.07) is 13.9. The van der Waals surface area contributed by atoms with Crippen LogP contribution in [0.4, 0.5) is 4.39 Å². The summed E-state index contributed by atoms with van der Waals surface area (Å²) in [5.41, 5.74) is 1.73. The van der Waals surface area contributed by atoms with Gasteiger partial charge in [0.1, 0.15) is 5.82 Å². The van der Waals surface area contributed by atoms with Crippen LogP contribution in [0.3, 0.4) is 0 Å². The highest BCUT2D eigenvalue weighted by atomic mass is 32.1. The van der Waals surface area contributed by atoms with E-state index in [1.165, 1.54) is 23.0 Å². The van der Waals surface area contributed by atoms with Crippen LogP contribution in [-0.4, -0.2) is 36.0 Å². The van der Waals surface area contributed by atoms with Gasteiger partial charge in [-0.1, -0.05) is 18.2 Å². The zero-order valence-electron chi connectivity index (χ0n) is 18.7. The molecule has 1 aromatic heterocycles. The van der Waals surface area contributed by atoms with Gasteiger partial charge in [0.25, 0.3) is 11.8 Å². The SMILES string of the molecule is O=C(O)C[C@H]1CC[C@H](c2ccc(C(=O)NCCNC(=O)c3cc4c(F)cccc4s3)cc2)CC1. The number of rotatable bonds is 8. The quantitative estimate of drug-likeness (QED) is 0.396. The van der Waals surface area contributed by atoms with E-state index in [1.807, 2.05) is 12.1 Å². The molecule has 1 aliphatic rings. The first-order valence-corrected chi connectivity index (χ1v) is 12.3. The normalized spacial score (nSPS) is 17.9. The Morgan fingerprint density at radius 2 is 1.62 bits per heavy atom. The molecule has 0 atom stereocenters. The fourth-order valence-electron chi connectivity index (χ4n) is 4.53. The lowest BCUT2D eigenvalue weighted by Crippen LogP contribution is -2.34. The largest absolute Gasteiger partial charge is 0.481 e. The number of aliphatic carboxylic acids is 1. The molecule has 3 aromatic rings. The molecule has 1 fully saturated rings. The molecule has 1 saturated carbocycles. The van der Waals surface area contributed by atoms with E-state index < -0.39 is 5.97 Å². The van der Waals surface area contributed by atoms with Gasteiger partial charge in [-0.05, 0) is 73.4 Å². The fraction of sp³-hybridized carbons (Fsp3) is 0.346. The van der Waals surface area contributed by atoms with E-state index in [0.717, 1.165) is 30.4 Å². The third-order valence-electron chi connectivity index (χ3n) is 6.38. The van der Waals surface area contributed by atoms with Crippen LogP contribution in [0.15, 0.2) is 48.5 Å². The van der Waals surface area contributed by atoms with Crippen molar-refractivity contribution in [1.82, 2.24) is 10.6 Å². The summed E-state index contributed by atoms with van der Waals surface area (Å²) in [6.45, 7) is 0.540. The van der Waals surface area contributed by atoms with E-state index in [-0.39, 0.29) is 43.1 Å². The molecule has 4 rings (SSSR count). The van der Waals surface area contributed by atoms with Gasteiger partial charge in [0.2, 0.25) is 0 Å². The number of amides is 2. The second-order valence-corrected chi connectivity index (χ2v) is 9.80. The Hall–Kier alpha value is -3.26. The van der Waals surface area contributed by atoms with Crippen LogP contribution >= 0.6 is 11.3 Å². The van der Waals surface area contributed by atoms with Gasteiger partial charge in [0, 0.05) is 35.2 Å². The van der Waals surface area contributed by atoms with Gasteiger partial charge < -0.3 is 15.7 Å². The number of carbonyl (C=O) groups excluding carboxylic acids is 2. The first kappa shape index (κ1) is 23.9. The van der Waals surface area contributed by atoms with E-state index in [1.54, 1.807) is 30.3 Å². The van der Waals surface area contributed by atoms with Crippen LogP contribution in [0.2, 0.25) is 0 Å². The van der Waals surface area contributed by atoms with Crippen molar-refractivity contribution in [3.63, 3.8) is 0 Å². The molecule has 0 unspecified atom stereocenters. The monoisotopic (exact) mass is 482 g/mol. The fourth-order valence-corrected chi connectivity index (χ4v) is 5.52. The molecule has 178 valence electrons. The molecule has 2 amide bonds. The molecule has 0 radical (unpaired) electrons. The zero-order chi connectivity index (χ0) is 24.1. The highest BCUT2D eigenvalue weighted by molar-refractivity contribution is 7.20. The Bertz CT molecular complexity index is 1180. The summed E-state index contributed by atoms with van der Waals surface area (Å²) >= 11 is 1.23. The summed E-state index contributed by atoms with van der Waals surface area (Å²) in [4.78, 5) is 36.1. The van der Waals surface area contributed by atoms with Crippen molar-refractivity contribution >= 4 is 39.2 Å². The van der Waals surface area contributed by atoms with Gasteiger partial charge in [-0.25, -0.2) is 4.39 Å². The molecule has 0 spiro atoms. The van der Waals surface area contributed by atoms with Crippen molar-refractivity contribution in [3.8, 4) is 0 Å². The smallest absolute Gasteiger partial charge is 0.303 e. The molecule has 0 bridgehead atoms. The summed E-state index contributed by atoms with van der Waals surface area (Å²) in [5, 5.41) is 14.9. The predicted molar refractivity (Wildman–Crippen MR) is 130 cm³/mol. The number of carboxylic acid groups (broad SMARTS) is 1. The van der Waals surface area contributed by atoms with Gasteiger partial charge in [-0.15, -0.1) is 11.3 Å². The van der Waals surface area contributed by atoms with Crippen molar-refractivity contribution in [1.29, 1.82) is 0 Å². The van der Waals surface area contributed by atoms with E-state index in [0.29, 0.717) is 21.7 Å². The van der Waals surface area contributed by atoms with E-state index in [4.69, 9.17) is 5.11 Å². The number of fused-ring (bicyclic) bond motifs is 1. The summed E-state index contributed by atoms with van der Waals surface area (Å²) in [7, 11) is 0. The van der Waals surface area contributed by atoms with Crippen molar-refractivity contribution in [2.45, 2.75) is 38.0 Å². The average molecular weight is 483 g/mol. The molecule has 2 aromatic carbocycles. The maximum absolute atomic E-state index is 13.8. The molecule has 34 heavy (non-hydrogen) atoms. The molecule has 6 nitrogen and oxygen atoms in total. The minimum absolute atomic E-state index is 0.213. The van der Waals surface area contributed by atoms with Gasteiger partial charge >= 0.3 is 5.97 Å². The number of thiophene rings is 1. The highest BCUT2D eigenvalue weighted by Gasteiger charge is 2.24. The number of nitrogens with one attached hydrogen (secondary N) is 2. The first-order chi connectivity index (χ1) is 16.4. The average Bonchev–Trinajstić information content (AvgIpc) is 3.28. The van der Waals surface area contributed by atoms with Crippen LogP contribution in [-0.2, 0) is 4.79 Å². The lowest BCUT2D eigenvalue weighted by molar-refractivity contribution is -0.138. The Balaban J connectivity index is 1.21. The Morgan fingerprint density at radius 1 is 0.941 bits per heavy atom. The van der Waals surface area contributed by atoms with Crippen LogP contribution in [0.1, 0.15) is 63.6 Å². The summed E-state index contributed by atoms with van der Waals surface area (Å²) < 4.78 is 14.5. The number of hydrogen-bond donors (Lipinski definition) is 3. The third kappa shape index (κ3) is 5.80. The number of benzene rings is 2. The Morgan fingerprint density at radius 3 is 2.26 bits per heavy atom. The third-order valence-corrected chi connectivity index (χ3v) is 7.48. The van der Waals surface area contributed by atoms with Crippen molar-refractivity contribution in [2.75, 3.05) is 13.1 Å². The van der Waals surface area contributed by atoms with Gasteiger partial charge in [0.15, 0.2) is 0 Å². The molecule has 3 N–H and O–H groups in total. The van der Waals surface area contributed by atoms with Crippen LogP contribution in [0.5, 0.6) is 0 Å². The van der Waals surface area contributed by atoms with Crippen LogP contribution in [0.25, 0.3) is 10.1 Å². The maximum Gasteiger partial charge on any atom is 0.303 e. The van der Waals surface area contributed by atoms with Crippen LogP contribution in [0, 0.1) is 11.7 Å². The van der Waals surface area contributed by atoms with Crippen molar-refractivity contribution < 1.29 is 23.9 Å². The highest BCUT2D eigenvalue weighted by Crippen LogP contribution is 2.37. The molecule has 0 aliphatic heterocycles.